The Labute approximate surface area is 141 Å². The van der Waals surface area contributed by atoms with Gasteiger partial charge in [0.1, 0.15) is 17.8 Å². The van der Waals surface area contributed by atoms with Crippen molar-refractivity contribution in [2.75, 3.05) is 7.11 Å². The second kappa shape index (κ2) is 6.86. The maximum absolute atomic E-state index is 12.7. The van der Waals surface area contributed by atoms with Crippen LogP contribution in [-0.2, 0) is 10.0 Å². The molecule has 0 aliphatic heterocycles. The van der Waals surface area contributed by atoms with Gasteiger partial charge in [-0.05, 0) is 41.3 Å². The minimum Gasteiger partial charge on any atom is -0.494 e. The molecule has 1 aromatic heterocycles. The summed E-state index contributed by atoms with van der Waals surface area (Å²) in [5.41, 5.74) is 0.576. The first-order chi connectivity index (χ1) is 11.5. The lowest BCUT2D eigenvalue weighted by atomic mass is 9.87. The van der Waals surface area contributed by atoms with E-state index >= 15 is 0 Å². The van der Waals surface area contributed by atoms with Crippen molar-refractivity contribution in [1.82, 2.24) is 24.9 Å². The first-order valence-electron chi connectivity index (χ1n) is 7.95. The lowest BCUT2D eigenvalue weighted by Gasteiger charge is -2.29. The van der Waals surface area contributed by atoms with Gasteiger partial charge in [-0.3, -0.25) is 0 Å². The first kappa shape index (κ1) is 16.8. The fraction of sp³-hybridized carbons (Fsp3) is 0.533. The van der Waals surface area contributed by atoms with E-state index in [4.69, 9.17) is 4.74 Å². The van der Waals surface area contributed by atoms with Gasteiger partial charge in [-0.2, -0.15) is 4.68 Å². The third kappa shape index (κ3) is 3.41. The molecule has 2 atom stereocenters. The van der Waals surface area contributed by atoms with Crippen LogP contribution >= 0.6 is 0 Å². The molecule has 1 N–H and O–H groups in total. The molecule has 8 nitrogen and oxygen atoms in total. The number of hydrogen-bond donors (Lipinski definition) is 1. The Morgan fingerprint density at radius 3 is 2.75 bits per heavy atom. The molecule has 1 aliphatic rings. The van der Waals surface area contributed by atoms with Crippen LogP contribution in [0.5, 0.6) is 5.75 Å². The van der Waals surface area contributed by atoms with E-state index in [1.165, 1.54) is 30.3 Å². The highest BCUT2D eigenvalue weighted by atomic mass is 32.2. The molecule has 2 aromatic rings. The molecule has 130 valence electrons. The zero-order valence-electron chi connectivity index (χ0n) is 13.7. The van der Waals surface area contributed by atoms with Crippen molar-refractivity contribution in [2.45, 2.75) is 43.5 Å². The Bertz CT molecular complexity index is 791. The summed E-state index contributed by atoms with van der Waals surface area (Å²) in [5, 5.41) is 11.0. The number of hydrogen-bond acceptors (Lipinski definition) is 6. The summed E-state index contributed by atoms with van der Waals surface area (Å²) >= 11 is 0. The molecule has 0 radical (unpaired) electrons. The molecule has 0 saturated heterocycles. The average Bonchev–Trinajstić information content (AvgIpc) is 3.10. The minimum absolute atomic E-state index is 0.0195. The zero-order chi connectivity index (χ0) is 17.2. The Balaban J connectivity index is 1.88. The van der Waals surface area contributed by atoms with Crippen molar-refractivity contribution in [3.63, 3.8) is 0 Å². The molecule has 1 aliphatic carbocycles. The van der Waals surface area contributed by atoms with Crippen molar-refractivity contribution >= 4 is 10.0 Å². The van der Waals surface area contributed by atoms with E-state index in [1.807, 2.05) is 0 Å². The van der Waals surface area contributed by atoms with Crippen molar-refractivity contribution < 1.29 is 13.2 Å². The number of rotatable bonds is 5. The van der Waals surface area contributed by atoms with E-state index in [1.54, 1.807) is 6.07 Å². The third-order valence-electron chi connectivity index (χ3n) is 4.48. The van der Waals surface area contributed by atoms with Crippen LogP contribution in [0.3, 0.4) is 0 Å². The van der Waals surface area contributed by atoms with Crippen molar-refractivity contribution in [3.8, 4) is 11.4 Å². The van der Waals surface area contributed by atoms with Crippen LogP contribution in [0.4, 0.5) is 0 Å². The van der Waals surface area contributed by atoms with Gasteiger partial charge < -0.3 is 4.74 Å². The number of benzene rings is 1. The number of tetrazole rings is 1. The van der Waals surface area contributed by atoms with Crippen molar-refractivity contribution in [2.24, 2.45) is 5.92 Å². The topological polar surface area (TPSA) is 99.0 Å². The van der Waals surface area contributed by atoms with Crippen LogP contribution in [0.25, 0.3) is 5.69 Å². The van der Waals surface area contributed by atoms with E-state index in [9.17, 15) is 8.42 Å². The van der Waals surface area contributed by atoms with Crippen LogP contribution in [0.15, 0.2) is 29.4 Å². The van der Waals surface area contributed by atoms with E-state index in [0.717, 1.165) is 25.7 Å². The Morgan fingerprint density at radius 2 is 2.08 bits per heavy atom. The summed E-state index contributed by atoms with van der Waals surface area (Å²) in [6.45, 7) is 2.09. The molecule has 1 fully saturated rings. The number of nitrogens with zero attached hydrogens (tertiary/aromatic N) is 4. The second-order valence-electron chi connectivity index (χ2n) is 6.08. The summed E-state index contributed by atoms with van der Waals surface area (Å²) in [5.74, 6) is 0.734. The fourth-order valence-electron chi connectivity index (χ4n) is 3.04. The van der Waals surface area contributed by atoms with Crippen LogP contribution in [0, 0.1) is 5.92 Å². The van der Waals surface area contributed by atoms with E-state index in [2.05, 4.69) is 27.2 Å². The van der Waals surface area contributed by atoms with Gasteiger partial charge in [-0.15, -0.1) is 5.10 Å². The molecule has 0 unspecified atom stereocenters. The highest BCUT2D eigenvalue weighted by Crippen LogP contribution is 2.28. The van der Waals surface area contributed by atoms with E-state index in [0.29, 0.717) is 17.4 Å². The molecule has 0 bridgehead atoms. The highest BCUT2D eigenvalue weighted by Gasteiger charge is 2.27. The van der Waals surface area contributed by atoms with Gasteiger partial charge in [0.25, 0.3) is 0 Å². The lowest BCUT2D eigenvalue weighted by Crippen LogP contribution is -2.40. The first-order valence-corrected chi connectivity index (χ1v) is 9.43. The molecule has 1 saturated carbocycles. The smallest absolute Gasteiger partial charge is 0.240 e. The van der Waals surface area contributed by atoms with Crippen molar-refractivity contribution in [1.29, 1.82) is 0 Å². The normalized spacial score (nSPS) is 21.6. The third-order valence-corrected chi connectivity index (χ3v) is 5.96. The van der Waals surface area contributed by atoms with E-state index < -0.39 is 10.0 Å². The number of sulfonamides is 1. The largest absolute Gasteiger partial charge is 0.494 e. The second-order valence-corrected chi connectivity index (χ2v) is 7.79. The SMILES string of the molecule is COc1cc(S(=O)(=O)N[C@@H]2CCCC[C@H]2C)ccc1-n1cnnn1. The molecule has 0 amide bonds. The monoisotopic (exact) mass is 351 g/mol. The van der Waals surface area contributed by atoms with Crippen molar-refractivity contribution in [3.05, 3.63) is 24.5 Å². The van der Waals surface area contributed by atoms with Gasteiger partial charge >= 0.3 is 0 Å². The van der Waals surface area contributed by atoms with Crippen LogP contribution < -0.4 is 9.46 Å². The number of aromatic nitrogens is 4. The summed E-state index contributed by atoms with van der Waals surface area (Å²) in [6.07, 6.45) is 5.57. The summed E-state index contributed by atoms with van der Waals surface area (Å²) in [7, 11) is -2.12. The quantitative estimate of drug-likeness (QED) is 0.877. The van der Waals surface area contributed by atoms with Gasteiger partial charge in [0, 0.05) is 12.1 Å². The maximum Gasteiger partial charge on any atom is 0.240 e. The minimum atomic E-state index is -3.60. The van der Waals surface area contributed by atoms with Gasteiger partial charge in [-0.25, -0.2) is 13.1 Å². The summed E-state index contributed by atoms with van der Waals surface area (Å²) < 4.78 is 35.0. The van der Waals surface area contributed by atoms with Crippen LogP contribution in [-0.4, -0.2) is 41.8 Å². The molecule has 9 heteroatoms. The number of ether oxygens (including phenoxy) is 1. The highest BCUT2D eigenvalue weighted by molar-refractivity contribution is 7.89. The lowest BCUT2D eigenvalue weighted by molar-refractivity contribution is 0.310. The van der Waals surface area contributed by atoms with Crippen LogP contribution in [0.1, 0.15) is 32.6 Å². The van der Waals surface area contributed by atoms with Gasteiger partial charge in [-0.1, -0.05) is 19.8 Å². The molecule has 24 heavy (non-hydrogen) atoms. The predicted molar refractivity (Wildman–Crippen MR) is 87.4 cm³/mol. The molecule has 1 heterocycles. The standard InChI is InChI=1S/C15H21N5O3S/c1-11-5-3-4-6-13(11)17-24(21,22)12-7-8-14(15(9-12)23-2)20-10-16-18-19-20/h7-11,13,17H,3-6H2,1-2H3/t11-,13-/m1/s1. The Morgan fingerprint density at radius 1 is 1.29 bits per heavy atom. The molecular weight excluding hydrogens is 330 g/mol. The van der Waals surface area contributed by atoms with E-state index in [-0.39, 0.29) is 10.9 Å². The Kier molecular flexibility index (Phi) is 4.81. The van der Waals surface area contributed by atoms with Gasteiger partial charge in [0.2, 0.25) is 10.0 Å². The fourth-order valence-corrected chi connectivity index (χ4v) is 4.44. The molecule has 1 aromatic carbocycles. The predicted octanol–water partition coefficient (Wildman–Crippen LogP) is 1.53. The molecule has 3 rings (SSSR count). The number of methoxy groups -OCH3 is 1. The zero-order valence-corrected chi connectivity index (χ0v) is 14.5. The summed E-state index contributed by atoms with van der Waals surface area (Å²) in [6, 6.07) is 4.64. The van der Waals surface area contributed by atoms with Gasteiger partial charge in [0.15, 0.2) is 0 Å². The Hall–Kier alpha value is -2.00. The van der Waals surface area contributed by atoms with Crippen LogP contribution in [0.2, 0.25) is 0 Å². The average molecular weight is 351 g/mol. The summed E-state index contributed by atoms with van der Waals surface area (Å²) in [4.78, 5) is 0.175. The van der Waals surface area contributed by atoms with Gasteiger partial charge in [0.05, 0.1) is 12.0 Å². The maximum atomic E-state index is 12.7. The number of nitrogens with one attached hydrogen (secondary N) is 1. The molecule has 0 spiro atoms. The molecular formula is C15H21N5O3S.